The summed E-state index contributed by atoms with van der Waals surface area (Å²) in [5.74, 6) is -0.819. The number of carbonyl (C=O) groups excluding carboxylic acids is 4. The Morgan fingerprint density at radius 3 is 2.42 bits per heavy atom. The highest BCUT2D eigenvalue weighted by Crippen LogP contribution is 2.43. The van der Waals surface area contributed by atoms with E-state index in [4.69, 9.17) is 15.2 Å². The van der Waals surface area contributed by atoms with Gasteiger partial charge in [0.2, 0.25) is 11.8 Å². The maximum absolute atomic E-state index is 14.9. The first kappa shape index (κ1) is 33.1. The third-order valence-corrected chi connectivity index (χ3v) is 9.12. The summed E-state index contributed by atoms with van der Waals surface area (Å²) >= 11 is 0. The number of primary amides is 1. The van der Waals surface area contributed by atoms with E-state index in [0.29, 0.717) is 43.1 Å². The third kappa shape index (κ3) is 7.48. The number of carbonyl (C=O) groups is 4. The van der Waals surface area contributed by atoms with Crippen LogP contribution in [0, 0.1) is 5.92 Å². The molecular weight excluding hydrogens is 608 g/mol. The van der Waals surface area contributed by atoms with Crippen LogP contribution in [0.15, 0.2) is 72.8 Å². The van der Waals surface area contributed by atoms with Gasteiger partial charge >= 0.3 is 6.09 Å². The van der Waals surface area contributed by atoms with Gasteiger partial charge in [0, 0.05) is 37.8 Å². The number of fused-ring (bicyclic) bond motifs is 1. The summed E-state index contributed by atoms with van der Waals surface area (Å²) in [6.07, 6.45) is 2.48. The molecule has 48 heavy (non-hydrogen) atoms. The van der Waals surface area contributed by atoms with E-state index < -0.39 is 23.5 Å². The van der Waals surface area contributed by atoms with Crippen LogP contribution in [0.5, 0.6) is 5.75 Å². The van der Waals surface area contributed by atoms with Crippen LogP contribution in [0.1, 0.15) is 64.4 Å². The van der Waals surface area contributed by atoms with Gasteiger partial charge in [0.15, 0.2) is 6.61 Å². The molecule has 0 aromatic heterocycles. The van der Waals surface area contributed by atoms with Gasteiger partial charge in [0.25, 0.3) is 5.91 Å². The van der Waals surface area contributed by atoms with Gasteiger partial charge in [0.1, 0.15) is 11.4 Å². The Kier molecular flexibility index (Phi) is 9.44. The van der Waals surface area contributed by atoms with Gasteiger partial charge in [0.05, 0.1) is 11.6 Å². The molecule has 2 aliphatic heterocycles. The smallest absolute Gasteiger partial charge is 0.410 e. The SMILES string of the molecule is CC(C)(C)OC(=O)N1CC[C@H](c2cccc(-c3ccccc3)c2)C(C(=O)N(c2ccc3c(c2)N(CCCC(N)=O)C(=O)CO3)C2CC2)C1. The van der Waals surface area contributed by atoms with Crippen molar-refractivity contribution < 1.29 is 28.7 Å². The third-order valence-electron chi connectivity index (χ3n) is 9.12. The van der Waals surface area contributed by atoms with Gasteiger partial charge in [-0.1, -0.05) is 54.6 Å². The number of nitrogens with two attached hydrogens (primary N) is 1. The van der Waals surface area contributed by atoms with E-state index in [9.17, 15) is 19.2 Å². The van der Waals surface area contributed by atoms with Crippen molar-refractivity contribution in [2.75, 3.05) is 36.0 Å². The summed E-state index contributed by atoms with van der Waals surface area (Å²) in [5, 5.41) is 0. The van der Waals surface area contributed by atoms with E-state index in [1.54, 1.807) is 15.9 Å². The minimum Gasteiger partial charge on any atom is -0.482 e. The number of amides is 4. The van der Waals surface area contributed by atoms with Gasteiger partial charge in [-0.25, -0.2) is 4.79 Å². The van der Waals surface area contributed by atoms with Gasteiger partial charge in [-0.2, -0.15) is 0 Å². The van der Waals surface area contributed by atoms with Crippen LogP contribution < -0.4 is 20.3 Å². The molecule has 1 saturated carbocycles. The number of nitrogens with zero attached hydrogens (tertiary/aromatic N) is 3. The fourth-order valence-corrected chi connectivity index (χ4v) is 6.70. The van der Waals surface area contributed by atoms with E-state index in [2.05, 4.69) is 30.3 Å². The highest BCUT2D eigenvalue weighted by Gasteiger charge is 2.44. The number of hydrogen-bond donors (Lipinski definition) is 1. The highest BCUT2D eigenvalue weighted by molar-refractivity contribution is 6.01. The molecule has 252 valence electrons. The molecule has 2 fully saturated rings. The Balaban J connectivity index is 1.34. The van der Waals surface area contributed by atoms with Crippen molar-refractivity contribution in [3.8, 4) is 16.9 Å². The van der Waals surface area contributed by atoms with Crippen molar-refractivity contribution in [3.63, 3.8) is 0 Å². The predicted molar refractivity (Wildman–Crippen MR) is 184 cm³/mol. The van der Waals surface area contributed by atoms with Crippen LogP contribution in [0.3, 0.4) is 0 Å². The van der Waals surface area contributed by atoms with Crippen molar-refractivity contribution in [3.05, 3.63) is 78.4 Å². The average Bonchev–Trinajstić information content (AvgIpc) is 3.90. The predicted octanol–water partition coefficient (Wildman–Crippen LogP) is 5.88. The molecule has 2 N–H and O–H groups in total. The molecular formula is C38H44N4O6. The number of likely N-dealkylation sites (tertiary alicyclic amines) is 1. The van der Waals surface area contributed by atoms with Crippen LogP contribution >= 0.6 is 0 Å². The first-order valence-corrected chi connectivity index (χ1v) is 16.8. The molecule has 3 aromatic carbocycles. The van der Waals surface area contributed by atoms with Crippen LogP contribution in [0.2, 0.25) is 0 Å². The molecule has 0 radical (unpaired) electrons. The quantitative estimate of drug-likeness (QED) is 0.308. The summed E-state index contributed by atoms with van der Waals surface area (Å²) in [4.78, 5) is 57.7. The van der Waals surface area contributed by atoms with Gasteiger partial charge in [-0.3, -0.25) is 14.4 Å². The van der Waals surface area contributed by atoms with Crippen molar-refractivity contribution >= 4 is 35.2 Å². The summed E-state index contributed by atoms with van der Waals surface area (Å²) < 4.78 is 11.5. The number of rotatable bonds is 9. The largest absolute Gasteiger partial charge is 0.482 e. The first-order valence-electron chi connectivity index (χ1n) is 16.8. The summed E-state index contributed by atoms with van der Waals surface area (Å²) in [6, 6.07) is 24.0. The number of piperidine rings is 1. The molecule has 1 aliphatic carbocycles. The second-order valence-corrected chi connectivity index (χ2v) is 13.9. The van der Waals surface area contributed by atoms with E-state index in [0.717, 1.165) is 29.5 Å². The average molecular weight is 653 g/mol. The minimum atomic E-state index is -0.663. The number of anilines is 2. The van der Waals surface area contributed by atoms with Gasteiger partial charge < -0.3 is 29.9 Å². The Bertz CT molecular complexity index is 1680. The number of ether oxygens (including phenoxy) is 2. The standard InChI is InChI=1S/C38H44N4O6/c1-38(2,3)48-37(46)40-20-18-30(27-12-7-11-26(21-27)25-9-5-4-6-10-25)31(23-40)36(45)42(28-14-15-28)29-16-17-33-32(22-29)41(35(44)24-47-33)19-8-13-34(39)43/h4-7,9-12,16-17,21-22,28,30-31H,8,13-15,18-20,23-24H2,1-3H3,(H2,39,43)/t30-,31?/m1/s1. The summed E-state index contributed by atoms with van der Waals surface area (Å²) in [6.45, 7) is 6.43. The Hall–Kier alpha value is -4.86. The molecule has 0 spiro atoms. The van der Waals surface area contributed by atoms with Crippen molar-refractivity contribution in [2.24, 2.45) is 11.7 Å². The van der Waals surface area contributed by atoms with Crippen LogP contribution in [-0.2, 0) is 19.1 Å². The molecule has 2 atom stereocenters. The van der Waals surface area contributed by atoms with Crippen molar-refractivity contribution in [2.45, 2.75) is 70.4 Å². The fraction of sp³-hybridized carbons (Fsp3) is 0.421. The Labute approximate surface area is 281 Å². The lowest BCUT2D eigenvalue weighted by molar-refractivity contribution is -0.125. The van der Waals surface area contributed by atoms with Crippen molar-refractivity contribution in [1.29, 1.82) is 0 Å². The highest BCUT2D eigenvalue weighted by atomic mass is 16.6. The topological polar surface area (TPSA) is 122 Å². The van der Waals surface area contributed by atoms with Crippen molar-refractivity contribution in [1.82, 2.24) is 4.90 Å². The zero-order valence-corrected chi connectivity index (χ0v) is 27.9. The summed E-state index contributed by atoms with van der Waals surface area (Å²) in [7, 11) is 0. The molecule has 6 rings (SSSR count). The zero-order valence-electron chi connectivity index (χ0n) is 27.9. The molecule has 3 aromatic rings. The summed E-state index contributed by atoms with van der Waals surface area (Å²) in [5.41, 5.74) is 9.15. The molecule has 1 unspecified atom stereocenters. The number of benzene rings is 3. The molecule has 1 saturated heterocycles. The zero-order chi connectivity index (χ0) is 34.0. The maximum atomic E-state index is 14.9. The Morgan fingerprint density at radius 2 is 1.71 bits per heavy atom. The molecule has 3 aliphatic rings. The van der Waals surface area contributed by atoms with Crippen LogP contribution in [0.4, 0.5) is 16.2 Å². The lowest BCUT2D eigenvalue weighted by atomic mass is 9.79. The normalized spacial score (nSPS) is 19.3. The van der Waals surface area contributed by atoms with Crippen LogP contribution in [0.25, 0.3) is 11.1 Å². The minimum absolute atomic E-state index is 0.00674. The molecule has 4 amide bonds. The van der Waals surface area contributed by atoms with E-state index in [1.165, 1.54) is 0 Å². The molecule has 2 heterocycles. The molecule has 10 nitrogen and oxygen atoms in total. The first-order chi connectivity index (χ1) is 23.0. The monoisotopic (exact) mass is 652 g/mol. The fourth-order valence-electron chi connectivity index (χ4n) is 6.70. The van der Waals surface area contributed by atoms with Crippen LogP contribution in [-0.4, -0.2) is 66.6 Å². The van der Waals surface area contributed by atoms with E-state index in [-0.39, 0.29) is 43.3 Å². The maximum Gasteiger partial charge on any atom is 0.410 e. The lowest BCUT2D eigenvalue weighted by Gasteiger charge is -2.41. The van der Waals surface area contributed by atoms with E-state index in [1.807, 2.05) is 62.1 Å². The van der Waals surface area contributed by atoms with E-state index >= 15 is 0 Å². The van der Waals surface area contributed by atoms with Gasteiger partial charge in [-0.05, 0) is 87.3 Å². The second kappa shape index (κ2) is 13.7. The lowest BCUT2D eigenvalue weighted by Crippen LogP contribution is -2.51. The van der Waals surface area contributed by atoms with Gasteiger partial charge in [-0.15, -0.1) is 0 Å². The molecule has 10 heteroatoms. The second-order valence-electron chi connectivity index (χ2n) is 13.9. The number of hydrogen-bond acceptors (Lipinski definition) is 6. The Morgan fingerprint density at radius 1 is 0.958 bits per heavy atom. The molecule has 0 bridgehead atoms.